The number of hydroxylamine groups is 1. The molecule has 1 unspecified atom stereocenters. The van der Waals surface area contributed by atoms with Gasteiger partial charge >= 0.3 is 37.4 Å². The van der Waals surface area contributed by atoms with Crippen LogP contribution < -0.4 is 44.1 Å². The van der Waals surface area contributed by atoms with Crippen LogP contribution in [0.4, 0.5) is 0 Å². The summed E-state index contributed by atoms with van der Waals surface area (Å²) >= 11 is 0. The minimum atomic E-state index is -4.13. The predicted molar refractivity (Wildman–Crippen MR) is 126 cm³/mol. The number of nitrogens with one attached hydrogen (secondary N) is 1. The number of benzene rings is 3. The maximum absolute atomic E-state index is 13.0. The number of para-hydroxylation sites is 1. The summed E-state index contributed by atoms with van der Waals surface area (Å²) in [7, 11) is -0.756. The second-order valence-corrected chi connectivity index (χ2v) is 8.51. The summed E-state index contributed by atoms with van der Waals surface area (Å²) in [5.74, 6) is 0.0528. The van der Waals surface area contributed by atoms with Gasteiger partial charge in [-0.15, -0.1) is 4.62 Å². The Morgan fingerprint density at radius 1 is 0.853 bits per heavy atom. The molecule has 1 N–H and O–H groups in total. The Bertz CT molecular complexity index is 1050. The van der Waals surface area contributed by atoms with E-state index in [1.807, 2.05) is 47.9 Å². The Kier molecular flexibility index (Phi) is 13.3. The summed E-state index contributed by atoms with van der Waals surface area (Å²) < 4.78 is 28.7. The molecular weight excluding hydrogens is 466 g/mol. The SMILES string of the molecule is CC(=O)NOP(=O)(Oc1ccccc1)Oc1ccc(Cc2ccccc2)cc1.CN(C)C=O.[Na+]. The van der Waals surface area contributed by atoms with Gasteiger partial charge in [-0.2, -0.15) is 0 Å². The molecule has 0 radical (unpaired) electrons. The smallest absolute Gasteiger partial charge is 0.394 e. The topological polar surface area (TPSA) is 94.2 Å². The molecule has 3 aromatic carbocycles. The van der Waals surface area contributed by atoms with Crippen LogP contribution in [-0.4, -0.2) is 31.3 Å². The molecule has 0 bridgehead atoms. The minimum absolute atomic E-state index is 0. The number of phosphoric acid groups is 1. The zero-order valence-electron chi connectivity index (χ0n) is 19.7. The molecule has 0 aliphatic rings. The zero-order valence-corrected chi connectivity index (χ0v) is 22.6. The van der Waals surface area contributed by atoms with Crippen LogP contribution in [0.1, 0.15) is 18.1 Å². The molecule has 34 heavy (non-hydrogen) atoms. The minimum Gasteiger partial charge on any atom is -0.394 e. The van der Waals surface area contributed by atoms with E-state index in [0.29, 0.717) is 5.75 Å². The van der Waals surface area contributed by atoms with Crippen LogP contribution in [0.5, 0.6) is 11.5 Å². The van der Waals surface area contributed by atoms with Gasteiger partial charge in [-0.25, -0.2) is 10.0 Å². The molecule has 0 spiro atoms. The fourth-order valence-electron chi connectivity index (χ4n) is 2.42. The van der Waals surface area contributed by atoms with Crippen LogP contribution in [0.25, 0.3) is 0 Å². The first-order chi connectivity index (χ1) is 15.8. The first-order valence-electron chi connectivity index (χ1n) is 10.0. The number of phosphoric ester groups is 1. The van der Waals surface area contributed by atoms with Crippen LogP contribution in [-0.2, 0) is 25.2 Å². The maximum atomic E-state index is 13.0. The molecule has 8 nitrogen and oxygen atoms in total. The third-order valence-corrected chi connectivity index (χ3v) is 5.05. The van der Waals surface area contributed by atoms with E-state index in [-0.39, 0.29) is 35.3 Å². The second kappa shape index (κ2) is 15.3. The van der Waals surface area contributed by atoms with Crippen molar-refractivity contribution in [1.29, 1.82) is 0 Å². The van der Waals surface area contributed by atoms with Crippen molar-refractivity contribution in [2.75, 3.05) is 14.1 Å². The van der Waals surface area contributed by atoms with Crippen molar-refractivity contribution in [3.8, 4) is 11.5 Å². The summed E-state index contributed by atoms with van der Waals surface area (Å²) in [6, 6.07) is 25.6. The molecule has 0 heterocycles. The number of amides is 2. The summed E-state index contributed by atoms with van der Waals surface area (Å²) in [5.41, 5.74) is 4.27. The Balaban J connectivity index is 0.000000873. The molecule has 0 aromatic heterocycles. The van der Waals surface area contributed by atoms with Gasteiger partial charge in [0.05, 0.1) is 0 Å². The van der Waals surface area contributed by atoms with Gasteiger partial charge in [-0.05, 0) is 41.8 Å². The van der Waals surface area contributed by atoms with Crippen molar-refractivity contribution in [2.24, 2.45) is 0 Å². The molecular formula is C24H27N2NaO6P+. The Morgan fingerprint density at radius 2 is 1.29 bits per heavy atom. The standard InChI is InChI=1S/C21H20NO5P.C3H7NO.Na/c1-17(23)22-27-28(24,25-20-10-6-3-7-11-20)26-21-14-12-19(13-15-21)16-18-8-4-2-5-9-18;1-4(2)3-5;/h2-15H,16H2,1H3,(H,22,23);3H,1-2H3;/q;;+1. The van der Waals surface area contributed by atoms with Crippen LogP contribution in [0.2, 0.25) is 0 Å². The van der Waals surface area contributed by atoms with Gasteiger partial charge in [0, 0.05) is 21.0 Å². The van der Waals surface area contributed by atoms with Crippen molar-refractivity contribution in [1.82, 2.24) is 10.4 Å². The zero-order chi connectivity index (χ0) is 24.1. The largest absolute Gasteiger partial charge is 1.00 e. The van der Waals surface area contributed by atoms with Gasteiger partial charge in [-0.3, -0.25) is 9.59 Å². The van der Waals surface area contributed by atoms with Crippen LogP contribution in [0.15, 0.2) is 84.9 Å². The van der Waals surface area contributed by atoms with Gasteiger partial charge in [0.15, 0.2) is 0 Å². The maximum Gasteiger partial charge on any atom is 1.00 e. The molecule has 3 aromatic rings. The van der Waals surface area contributed by atoms with E-state index in [1.165, 1.54) is 17.4 Å². The van der Waals surface area contributed by atoms with E-state index in [0.717, 1.165) is 18.4 Å². The molecule has 0 fully saturated rings. The molecule has 0 aliphatic heterocycles. The number of carbonyl (C=O) groups excluding carboxylic acids is 2. The number of nitrogens with zero attached hydrogens (tertiary/aromatic N) is 1. The molecule has 0 saturated heterocycles. The molecule has 174 valence electrons. The van der Waals surface area contributed by atoms with Crippen molar-refractivity contribution in [3.63, 3.8) is 0 Å². The van der Waals surface area contributed by atoms with E-state index in [9.17, 15) is 14.2 Å². The fourth-order valence-corrected chi connectivity index (χ4v) is 3.53. The Hall–Kier alpha value is -2.61. The van der Waals surface area contributed by atoms with Gasteiger partial charge in [-0.1, -0.05) is 60.7 Å². The van der Waals surface area contributed by atoms with Crippen LogP contribution >= 0.6 is 7.82 Å². The van der Waals surface area contributed by atoms with E-state index >= 15 is 0 Å². The Labute approximate surface area is 222 Å². The molecule has 0 saturated carbocycles. The van der Waals surface area contributed by atoms with E-state index in [4.69, 9.17) is 13.7 Å². The molecule has 3 rings (SSSR count). The van der Waals surface area contributed by atoms with Crippen molar-refractivity contribution in [2.45, 2.75) is 13.3 Å². The second-order valence-electron chi connectivity index (χ2n) is 7.07. The van der Waals surface area contributed by atoms with Crippen LogP contribution in [0, 0.1) is 0 Å². The number of hydrogen-bond acceptors (Lipinski definition) is 6. The molecule has 10 heteroatoms. The summed E-state index contributed by atoms with van der Waals surface area (Å²) in [5, 5.41) is 0. The first kappa shape index (κ1) is 29.4. The van der Waals surface area contributed by atoms with Gasteiger partial charge in [0.2, 0.25) is 12.3 Å². The van der Waals surface area contributed by atoms with E-state index < -0.39 is 13.7 Å². The average molecular weight is 493 g/mol. The average Bonchev–Trinajstić information content (AvgIpc) is 2.81. The molecule has 1 atom stereocenters. The third-order valence-electron chi connectivity index (χ3n) is 3.86. The molecule has 0 aliphatic carbocycles. The molecule has 2 amide bonds. The van der Waals surface area contributed by atoms with Crippen molar-refractivity contribution < 1.29 is 57.4 Å². The quantitative estimate of drug-likeness (QED) is 0.211. The van der Waals surface area contributed by atoms with Gasteiger partial charge in [0.1, 0.15) is 11.5 Å². The number of hydrogen-bond donors (Lipinski definition) is 1. The number of carbonyl (C=O) groups is 2. The van der Waals surface area contributed by atoms with Gasteiger partial charge < -0.3 is 13.9 Å². The summed E-state index contributed by atoms with van der Waals surface area (Å²) in [6.45, 7) is 1.23. The van der Waals surface area contributed by atoms with Crippen molar-refractivity contribution in [3.05, 3.63) is 96.1 Å². The summed E-state index contributed by atoms with van der Waals surface area (Å²) in [6.07, 6.45) is 1.52. The fraction of sp³-hybridized carbons (Fsp3) is 0.167. The van der Waals surface area contributed by atoms with Crippen molar-refractivity contribution >= 4 is 20.1 Å². The third kappa shape index (κ3) is 11.5. The first-order valence-corrected chi connectivity index (χ1v) is 11.5. The normalized spacial score (nSPS) is 11.4. The Morgan fingerprint density at radius 3 is 1.76 bits per heavy atom. The van der Waals surface area contributed by atoms with Gasteiger partial charge in [0.25, 0.3) is 0 Å². The monoisotopic (exact) mass is 493 g/mol. The predicted octanol–water partition coefficient (Wildman–Crippen LogP) is 1.62. The van der Waals surface area contributed by atoms with Crippen LogP contribution in [0.3, 0.4) is 0 Å². The van der Waals surface area contributed by atoms with E-state index in [1.54, 1.807) is 56.6 Å². The number of rotatable bonds is 9. The summed E-state index contributed by atoms with van der Waals surface area (Å²) in [4.78, 5) is 22.0. The van der Waals surface area contributed by atoms with E-state index in [2.05, 4.69) is 0 Å².